The molecule has 126 valence electrons. The van der Waals surface area contributed by atoms with Crippen molar-refractivity contribution in [2.24, 2.45) is 0 Å². The Morgan fingerprint density at radius 3 is 1.82 bits per heavy atom. The molecular formula is C14H21ClO6S. The fourth-order valence-electron chi connectivity index (χ4n) is 1.92. The maximum Gasteiger partial charge on any atom is 0.261 e. The molecule has 2 rings (SSSR count). The van der Waals surface area contributed by atoms with E-state index in [9.17, 15) is 8.42 Å². The lowest BCUT2D eigenvalue weighted by molar-refractivity contribution is -0.151. The molecule has 0 radical (unpaired) electrons. The van der Waals surface area contributed by atoms with Gasteiger partial charge in [-0.15, -0.1) is 0 Å². The highest BCUT2D eigenvalue weighted by Crippen LogP contribution is 2.27. The van der Waals surface area contributed by atoms with E-state index >= 15 is 0 Å². The molecule has 0 saturated carbocycles. The summed E-state index contributed by atoms with van der Waals surface area (Å²) in [5.41, 5.74) is 1.01. The van der Waals surface area contributed by atoms with Gasteiger partial charge in [0, 0.05) is 10.7 Å². The number of hydrogen-bond donors (Lipinski definition) is 2. The fraction of sp³-hybridized carbons (Fsp3) is 0.571. The topological polar surface area (TPSA) is 93.1 Å². The standard InChI is InChI=1S/C7H7ClO2S.C7H14O4/c1-6-2-4-7(5-3-6)11(8,9)10;1-7(2)10-5(3-8)6(4-9)11-7/h2-5H,1H3;5-6,8-9H,3-4H2,1-2H3/t;5-,6-/m.1/s1. The van der Waals surface area contributed by atoms with Crippen LogP contribution in [0.4, 0.5) is 0 Å². The first-order valence-corrected chi connectivity index (χ1v) is 8.98. The zero-order valence-corrected chi connectivity index (χ0v) is 14.3. The van der Waals surface area contributed by atoms with E-state index in [1.54, 1.807) is 26.0 Å². The lowest BCUT2D eigenvalue weighted by Crippen LogP contribution is -2.29. The van der Waals surface area contributed by atoms with Crippen molar-refractivity contribution in [3.05, 3.63) is 29.8 Å². The third-order valence-corrected chi connectivity index (χ3v) is 4.32. The largest absolute Gasteiger partial charge is 0.394 e. The summed E-state index contributed by atoms with van der Waals surface area (Å²) in [6, 6.07) is 6.37. The van der Waals surface area contributed by atoms with E-state index in [1.165, 1.54) is 12.1 Å². The summed E-state index contributed by atoms with van der Waals surface area (Å²) in [5, 5.41) is 17.6. The van der Waals surface area contributed by atoms with Crippen LogP contribution in [0.1, 0.15) is 19.4 Å². The van der Waals surface area contributed by atoms with Gasteiger partial charge in [0.25, 0.3) is 9.05 Å². The summed E-state index contributed by atoms with van der Waals surface area (Å²) in [6.45, 7) is 5.16. The number of aliphatic hydroxyl groups is 2. The number of halogens is 1. The Balaban J connectivity index is 0.000000220. The molecule has 1 aromatic carbocycles. The SMILES string of the molecule is CC1(C)O[C@H](CO)[C@@H](CO)O1.Cc1ccc(S(=O)(=O)Cl)cc1. The zero-order chi connectivity index (χ0) is 17.0. The van der Waals surface area contributed by atoms with Crippen molar-refractivity contribution in [2.75, 3.05) is 13.2 Å². The average Bonchev–Trinajstić information content (AvgIpc) is 2.73. The summed E-state index contributed by atoms with van der Waals surface area (Å²) in [6.07, 6.45) is -0.787. The maximum absolute atomic E-state index is 10.7. The Labute approximate surface area is 135 Å². The number of ether oxygens (including phenoxy) is 2. The van der Waals surface area contributed by atoms with E-state index < -0.39 is 27.0 Å². The Hall–Kier alpha value is -0.700. The Morgan fingerprint density at radius 1 is 1.09 bits per heavy atom. The Morgan fingerprint density at radius 2 is 1.50 bits per heavy atom. The van der Waals surface area contributed by atoms with Gasteiger partial charge in [0.1, 0.15) is 12.2 Å². The number of aliphatic hydroxyl groups excluding tert-OH is 2. The second-order valence-corrected chi connectivity index (χ2v) is 7.89. The number of rotatable bonds is 3. The molecule has 0 aliphatic carbocycles. The van der Waals surface area contributed by atoms with Crippen molar-refractivity contribution < 1.29 is 28.1 Å². The molecule has 1 saturated heterocycles. The van der Waals surface area contributed by atoms with Gasteiger partial charge in [-0.3, -0.25) is 0 Å². The molecule has 1 heterocycles. The highest BCUT2D eigenvalue weighted by Gasteiger charge is 2.40. The molecule has 1 aromatic rings. The van der Waals surface area contributed by atoms with Gasteiger partial charge in [-0.25, -0.2) is 8.42 Å². The van der Waals surface area contributed by atoms with Gasteiger partial charge in [0.2, 0.25) is 0 Å². The molecule has 2 N–H and O–H groups in total. The minimum absolute atomic E-state index is 0.116. The van der Waals surface area contributed by atoms with Gasteiger partial charge in [-0.1, -0.05) is 17.7 Å². The third-order valence-electron chi connectivity index (χ3n) is 2.95. The van der Waals surface area contributed by atoms with E-state index in [2.05, 4.69) is 0 Å². The molecule has 6 nitrogen and oxygen atoms in total. The van der Waals surface area contributed by atoms with Crippen molar-refractivity contribution in [1.82, 2.24) is 0 Å². The van der Waals surface area contributed by atoms with E-state index in [-0.39, 0.29) is 18.1 Å². The quantitative estimate of drug-likeness (QED) is 0.799. The minimum atomic E-state index is -3.55. The van der Waals surface area contributed by atoms with E-state index in [0.29, 0.717) is 0 Å². The lowest BCUT2D eigenvalue weighted by atomic mass is 10.2. The van der Waals surface area contributed by atoms with E-state index in [0.717, 1.165) is 5.56 Å². The summed E-state index contributed by atoms with van der Waals surface area (Å²) in [4.78, 5) is 0.143. The number of hydrogen-bond acceptors (Lipinski definition) is 6. The highest BCUT2D eigenvalue weighted by molar-refractivity contribution is 8.13. The van der Waals surface area contributed by atoms with Gasteiger partial charge >= 0.3 is 0 Å². The predicted molar refractivity (Wildman–Crippen MR) is 82.2 cm³/mol. The summed E-state index contributed by atoms with van der Waals surface area (Å²) in [5.74, 6) is -0.680. The second kappa shape index (κ2) is 7.72. The zero-order valence-electron chi connectivity index (χ0n) is 12.7. The summed E-state index contributed by atoms with van der Waals surface area (Å²) >= 11 is 0. The average molecular weight is 353 g/mol. The van der Waals surface area contributed by atoms with Gasteiger partial charge in [0.15, 0.2) is 5.79 Å². The summed E-state index contributed by atoms with van der Waals surface area (Å²) in [7, 11) is 1.54. The molecule has 0 bridgehead atoms. The lowest BCUT2D eigenvalue weighted by Gasteiger charge is -2.16. The van der Waals surface area contributed by atoms with Crippen LogP contribution >= 0.6 is 10.7 Å². The van der Waals surface area contributed by atoms with Crippen LogP contribution in [-0.2, 0) is 18.5 Å². The maximum atomic E-state index is 10.7. The molecular weight excluding hydrogens is 332 g/mol. The Kier molecular flexibility index (Phi) is 6.79. The van der Waals surface area contributed by atoms with Crippen LogP contribution in [0.25, 0.3) is 0 Å². The van der Waals surface area contributed by atoms with Crippen LogP contribution < -0.4 is 0 Å². The smallest absolute Gasteiger partial charge is 0.261 e. The van der Waals surface area contributed by atoms with Crippen LogP contribution in [0, 0.1) is 6.92 Å². The molecule has 2 atom stereocenters. The molecule has 0 amide bonds. The molecule has 8 heteroatoms. The molecule has 0 spiro atoms. The first-order valence-electron chi connectivity index (χ1n) is 6.68. The van der Waals surface area contributed by atoms with Crippen LogP contribution in [-0.4, -0.2) is 49.8 Å². The number of aryl methyl sites for hydroxylation is 1. The van der Waals surface area contributed by atoms with Crippen LogP contribution in [0.5, 0.6) is 0 Å². The second-order valence-electron chi connectivity index (χ2n) is 5.33. The van der Waals surface area contributed by atoms with Crippen LogP contribution in [0.15, 0.2) is 29.2 Å². The van der Waals surface area contributed by atoms with Crippen molar-refractivity contribution in [3.8, 4) is 0 Å². The first kappa shape index (κ1) is 19.3. The van der Waals surface area contributed by atoms with Crippen LogP contribution in [0.3, 0.4) is 0 Å². The summed E-state index contributed by atoms with van der Waals surface area (Å²) < 4.78 is 32.0. The van der Waals surface area contributed by atoms with E-state index in [1.807, 2.05) is 6.92 Å². The van der Waals surface area contributed by atoms with E-state index in [4.69, 9.17) is 30.4 Å². The normalized spacial score (nSPS) is 23.7. The van der Waals surface area contributed by atoms with Gasteiger partial charge in [-0.05, 0) is 32.9 Å². The molecule has 0 unspecified atom stereocenters. The van der Waals surface area contributed by atoms with Crippen molar-refractivity contribution >= 4 is 19.7 Å². The fourth-order valence-corrected chi connectivity index (χ4v) is 2.69. The van der Waals surface area contributed by atoms with Gasteiger partial charge in [0.05, 0.1) is 18.1 Å². The predicted octanol–water partition coefficient (Wildman–Crippen LogP) is 1.41. The van der Waals surface area contributed by atoms with Crippen molar-refractivity contribution in [3.63, 3.8) is 0 Å². The van der Waals surface area contributed by atoms with Crippen molar-refractivity contribution in [2.45, 2.75) is 43.7 Å². The molecule has 1 aliphatic rings. The van der Waals surface area contributed by atoms with Crippen LogP contribution in [0.2, 0.25) is 0 Å². The molecule has 1 aliphatic heterocycles. The Bertz CT molecular complexity index is 556. The minimum Gasteiger partial charge on any atom is -0.394 e. The van der Waals surface area contributed by atoms with Gasteiger partial charge in [-0.2, -0.15) is 0 Å². The number of benzene rings is 1. The highest BCUT2D eigenvalue weighted by atomic mass is 35.7. The molecule has 1 fully saturated rings. The van der Waals surface area contributed by atoms with Gasteiger partial charge < -0.3 is 19.7 Å². The van der Waals surface area contributed by atoms with Crippen molar-refractivity contribution in [1.29, 1.82) is 0 Å². The first-order chi connectivity index (χ1) is 10.1. The molecule has 0 aromatic heterocycles. The monoisotopic (exact) mass is 352 g/mol. The third kappa shape index (κ3) is 5.83. The molecule has 22 heavy (non-hydrogen) atoms.